The summed E-state index contributed by atoms with van der Waals surface area (Å²) in [5.74, 6) is 0. The first kappa shape index (κ1) is 14.6. The van der Waals surface area contributed by atoms with Gasteiger partial charge < -0.3 is 4.43 Å². The topological polar surface area (TPSA) is 9.23 Å². The SMILES string of the molecule is C[Si](C)(C)OC1(C(F)(F)F)CCCc2ccccc21. The fourth-order valence-electron chi connectivity index (χ4n) is 2.78. The predicted octanol–water partition coefficient (Wildman–Crippen LogP) is 4.63. The van der Waals surface area contributed by atoms with Gasteiger partial charge in [-0.25, -0.2) is 0 Å². The molecular formula is C14H19F3OSi. The van der Waals surface area contributed by atoms with Crippen LogP contribution in [0.5, 0.6) is 0 Å². The van der Waals surface area contributed by atoms with Gasteiger partial charge in [0, 0.05) is 0 Å². The second-order valence-electron chi connectivity index (χ2n) is 6.05. The minimum atomic E-state index is -4.37. The van der Waals surface area contributed by atoms with Crippen molar-refractivity contribution >= 4 is 8.32 Å². The Labute approximate surface area is 112 Å². The quantitative estimate of drug-likeness (QED) is 0.721. The average Bonchev–Trinajstić information content (AvgIpc) is 2.26. The Balaban J connectivity index is 2.58. The number of hydrogen-bond donors (Lipinski definition) is 0. The number of hydrogen-bond acceptors (Lipinski definition) is 1. The molecule has 2 rings (SSSR count). The Morgan fingerprint density at radius 1 is 1.16 bits per heavy atom. The fourth-order valence-corrected chi connectivity index (χ4v) is 4.15. The number of rotatable bonds is 2. The van der Waals surface area contributed by atoms with Crippen LogP contribution >= 0.6 is 0 Å². The standard InChI is InChI=1S/C14H19F3OSi/c1-19(2,3)18-13(14(15,16)17)10-6-8-11-7-4-5-9-12(11)13/h4-5,7,9H,6,8,10H2,1-3H3. The lowest BCUT2D eigenvalue weighted by Crippen LogP contribution is -2.52. The minimum absolute atomic E-state index is 0.0256. The van der Waals surface area contributed by atoms with Crippen molar-refractivity contribution < 1.29 is 17.6 Å². The molecule has 0 aromatic heterocycles. The molecule has 1 atom stereocenters. The zero-order valence-corrected chi connectivity index (χ0v) is 12.5. The van der Waals surface area contributed by atoms with E-state index in [1.165, 1.54) is 0 Å². The molecule has 1 aromatic carbocycles. The second kappa shape index (κ2) is 4.63. The highest BCUT2D eigenvalue weighted by molar-refractivity contribution is 6.69. The summed E-state index contributed by atoms with van der Waals surface area (Å²) in [5.41, 5.74) is -1.02. The number of benzene rings is 1. The summed E-state index contributed by atoms with van der Waals surface area (Å²) < 4.78 is 46.8. The predicted molar refractivity (Wildman–Crippen MR) is 71.5 cm³/mol. The van der Waals surface area contributed by atoms with E-state index in [-0.39, 0.29) is 6.42 Å². The summed E-state index contributed by atoms with van der Waals surface area (Å²) in [6, 6.07) is 6.81. The molecule has 0 heterocycles. The van der Waals surface area contributed by atoms with Crippen molar-refractivity contribution in [2.24, 2.45) is 0 Å². The number of fused-ring (bicyclic) bond motifs is 1. The molecule has 5 heteroatoms. The number of aryl methyl sites for hydroxylation is 1. The maximum atomic E-state index is 13.7. The van der Waals surface area contributed by atoms with E-state index in [0.717, 1.165) is 5.56 Å². The third-order valence-electron chi connectivity index (χ3n) is 3.37. The van der Waals surface area contributed by atoms with Gasteiger partial charge in [0.15, 0.2) is 13.9 Å². The van der Waals surface area contributed by atoms with Crippen LogP contribution in [0.15, 0.2) is 24.3 Å². The number of alkyl halides is 3. The van der Waals surface area contributed by atoms with Gasteiger partial charge in [-0.05, 0) is 50.0 Å². The highest BCUT2D eigenvalue weighted by Crippen LogP contribution is 2.50. The van der Waals surface area contributed by atoms with Gasteiger partial charge in [0.1, 0.15) is 0 Å². The van der Waals surface area contributed by atoms with E-state index in [4.69, 9.17) is 4.43 Å². The molecule has 19 heavy (non-hydrogen) atoms. The molecule has 0 N–H and O–H groups in total. The summed E-state index contributed by atoms with van der Waals surface area (Å²) in [5, 5.41) is 0. The smallest absolute Gasteiger partial charge is 0.400 e. The van der Waals surface area contributed by atoms with Crippen LogP contribution in [0.2, 0.25) is 19.6 Å². The van der Waals surface area contributed by atoms with Crippen LogP contribution in [0.3, 0.4) is 0 Å². The Morgan fingerprint density at radius 3 is 2.37 bits per heavy atom. The molecule has 0 saturated carbocycles. The van der Waals surface area contributed by atoms with Crippen LogP contribution in [0, 0.1) is 0 Å². The van der Waals surface area contributed by atoms with E-state index in [9.17, 15) is 13.2 Å². The molecule has 1 nitrogen and oxygen atoms in total. The van der Waals surface area contributed by atoms with Crippen LogP contribution in [0.25, 0.3) is 0 Å². The average molecular weight is 288 g/mol. The van der Waals surface area contributed by atoms with E-state index in [0.29, 0.717) is 18.4 Å². The molecule has 0 fully saturated rings. The van der Waals surface area contributed by atoms with E-state index >= 15 is 0 Å². The first-order valence-electron chi connectivity index (χ1n) is 6.51. The summed E-state index contributed by atoms with van der Waals surface area (Å²) in [6.45, 7) is 5.41. The molecule has 0 radical (unpaired) electrons. The normalized spacial score (nSPS) is 24.1. The van der Waals surface area contributed by atoms with Crippen molar-refractivity contribution in [1.29, 1.82) is 0 Å². The Bertz CT molecular complexity index is 464. The van der Waals surface area contributed by atoms with E-state index in [2.05, 4.69) is 0 Å². The molecule has 0 saturated heterocycles. The summed E-state index contributed by atoms with van der Waals surface area (Å²) in [7, 11) is -2.32. The van der Waals surface area contributed by atoms with Gasteiger partial charge >= 0.3 is 6.18 Å². The summed E-state index contributed by atoms with van der Waals surface area (Å²) in [6.07, 6.45) is -3.13. The molecule has 1 aliphatic carbocycles. The lowest BCUT2D eigenvalue weighted by molar-refractivity contribution is -0.263. The van der Waals surface area contributed by atoms with Gasteiger partial charge in [-0.15, -0.1) is 0 Å². The lowest BCUT2D eigenvalue weighted by atomic mass is 9.79. The van der Waals surface area contributed by atoms with E-state index in [1.54, 1.807) is 43.9 Å². The van der Waals surface area contributed by atoms with Crippen molar-refractivity contribution in [3.8, 4) is 0 Å². The highest BCUT2D eigenvalue weighted by atomic mass is 28.4. The maximum absolute atomic E-state index is 13.7. The van der Waals surface area contributed by atoms with Gasteiger partial charge in [-0.2, -0.15) is 13.2 Å². The van der Waals surface area contributed by atoms with Gasteiger partial charge in [0.2, 0.25) is 0 Å². The largest absolute Gasteiger partial charge is 0.420 e. The van der Waals surface area contributed by atoms with Crippen LogP contribution in [-0.4, -0.2) is 14.5 Å². The van der Waals surface area contributed by atoms with Gasteiger partial charge in [-0.1, -0.05) is 24.3 Å². The molecule has 1 aliphatic rings. The Hall–Kier alpha value is -0.813. The minimum Gasteiger partial charge on any atom is -0.400 e. The van der Waals surface area contributed by atoms with Gasteiger partial charge in [-0.3, -0.25) is 0 Å². The van der Waals surface area contributed by atoms with Crippen LogP contribution in [0.1, 0.15) is 24.0 Å². The van der Waals surface area contributed by atoms with Crippen LogP contribution < -0.4 is 0 Å². The zero-order chi connectivity index (χ0) is 14.3. The second-order valence-corrected chi connectivity index (χ2v) is 10.5. The molecule has 0 bridgehead atoms. The molecular weight excluding hydrogens is 269 g/mol. The monoisotopic (exact) mass is 288 g/mol. The van der Waals surface area contributed by atoms with Crippen molar-refractivity contribution in [3.63, 3.8) is 0 Å². The fraction of sp³-hybridized carbons (Fsp3) is 0.571. The Kier molecular flexibility index (Phi) is 3.56. The first-order valence-corrected chi connectivity index (χ1v) is 9.92. The van der Waals surface area contributed by atoms with Crippen LogP contribution in [0.4, 0.5) is 13.2 Å². The van der Waals surface area contributed by atoms with Crippen molar-refractivity contribution in [3.05, 3.63) is 35.4 Å². The first-order chi connectivity index (χ1) is 8.66. The molecule has 0 aliphatic heterocycles. The molecule has 0 amide bonds. The van der Waals surface area contributed by atoms with Gasteiger partial charge in [0.25, 0.3) is 0 Å². The zero-order valence-electron chi connectivity index (χ0n) is 11.5. The van der Waals surface area contributed by atoms with Crippen LogP contribution in [-0.2, 0) is 16.4 Å². The number of halogens is 3. The van der Waals surface area contributed by atoms with Crippen molar-refractivity contribution in [2.75, 3.05) is 0 Å². The molecule has 1 aromatic rings. The molecule has 1 unspecified atom stereocenters. The third kappa shape index (κ3) is 2.72. The van der Waals surface area contributed by atoms with Crippen molar-refractivity contribution in [2.45, 2.75) is 50.7 Å². The molecule has 106 valence electrons. The third-order valence-corrected chi connectivity index (χ3v) is 4.33. The summed E-state index contributed by atoms with van der Waals surface area (Å²) in [4.78, 5) is 0. The van der Waals surface area contributed by atoms with E-state index < -0.39 is 20.1 Å². The molecule has 0 spiro atoms. The summed E-state index contributed by atoms with van der Waals surface area (Å²) >= 11 is 0. The highest BCUT2D eigenvalue weighted by Gasteiger charge is 2.59. The maximum Gasteiger partial charge on any atom is 0.420 e. The van der Waals surface area contributed by atoms with E-state index in [1.807, 2.05) is 0 Å². The van der Waals surface area contributed by atoms with Crippen molar-refractivity contribution in [1.82, 2.24) is 0 Å². The lowest BCUT2D eigenvalue weighted by Gasteiger charge is -2.44. The van der Waals surface area contributed by atoms with Gasteiger partial charge in [0.05, 0.1) is 0 Å². The Morgan fingerprint density at radius 2 is 1.79 bits per heavy atom.